The maximum Gasteiger partial charge on any atom is 0.208 e. The predicted octanol–water partition coefficient (Wildman–Crippen LogP) is 4.08. The zero-order valence-electron chi connectivity index (χ0n) is 17.8. The summed E-state index contributed by atoms with van der Waals surface area (Å²) in [6.45, 7) is 9.94. The van der Waals surface area contributed by atoms with Gasteiger partial charge in [-0.2, -0.15) is 0 Å². The molecule has 2 aromatic rings. The molecule has 0 aliphatic carbocycles. The molecule has 2 N–H and O–H groups in total. The number of aromatic nitrogens is 1. The van der Waals surface area contributed by atoms with E-state index < -0.39 is 0 Å². The van der Waals surface area contributed by atoms with E-state index in [0.29, 0.717) is 5.92 Å². The second kappa shape index (κ2) is 10.1. The Kier molecular flexibility index (Phi) is 7.56. The minimum atomic E-state index is 0.134. The molecular formula is C22H32ClN5O. The number of aryl methyl sites for hydroxylation is 2. The molecule has 1 saturated heterocycles. The van der Waals surface area contributed by atoms with E-state index in [-0.39, 0.29) is 6.04 Å². The lowest BCUT2D eigenvalue weighted by Crippen LogP contribution is -2.43. The topological polar surface area (TPSA) is 65.7 Å². The van der Waals surface area contributed by atoms with Crippen LogP contribution in [0.1, 0.15) is 48.7 Å². The Morgan fingerprint density at radius 1 is 1.34 bits per heavy atom. The monoisotopic (exact) mass is 417 g/mol. The highest BCUT2D eigenvalue weighted by Gasteiger charge is 2.21. The van der Waals surface area contributed by atoms with Crippen molar-refractivity contribution in [1.29, 1.82) is 0 Å². The number of oxazole rings is 1. The third-order valence-corrected chi connectivity index (χ3v) is 5.86. The van der Waals surface area contributed by atoms with Crippen LogP contribution in [0.3, 0.4) is 0 Å². The Bertz CT molecular complexity index is 807. The summed E-state index contributed by atoms with van der Waals surface area (Å²) in [6, 6.07) is 8.06. The number of aliphatic imine (C=N–C) groups is 1. The second-order valence-corrected chi connectivity index (χ2v) is 8.28. The number of hydrogen-bond acceptors (Lipinski definition) is 4. The van der Waals surface area contributed by atoms with Crippen molar-refractivity contribution in [2.24, 2.45) is 10.9 Å². The van der Waals surface area contributed by atoms with Crippen LogP contribution in [0.4, 0.5) is 0 Å². The van der Waals surface area contributed by atoms with Gasteiger partial charge in [-0.15, -0.1) is 0 Å². The normalized spacial score (nSPS) is 17.3. The highest BCUT2D eigenvalue weighted by molar-refractivity contribution is 6.30. The van der Waals surface area contributed by atoms with Gasteiger partial charge in [-0.3, -0.25) is 9.89 Å². The largest absolute Gasteiger partial charge is 0.444 e. The first-order chi connectivity index (χ1) is 13.9. The van der Waals surface area contributed by atoms with E-state index in [1.807, 2.05) is 39.1 Å². The molecule has 2 heterocycles. The van der Waals surface area contributed by atoms with E-state index >= 15 is 0 Å². The molecule has 0 radical (unpaired) electrons. The van der Waals surface area contributed by atoms with Gasteiger partial charge < -0.3 is 15.1 Å². The van der Waals surface area contributed by atoms with Crippen molar-refractivity contribution in [3.8, 4) is 0 Å². The molecule has 29 heavy (non-hydrogen) atoms. The summed E-state index contributed by atoms with van der Waals surface area (Å²) < 4.78 is 5.72. The first kappa shape index (κ1) is 21.7. The first-order valence-electron chi connectivity index (χ1n) is 10.3. The zero-order valence-corrected chi connectivity index (χ0v) is 18.6. The maximum atomic E-state index is 6.11. The average molecular weight is 418 g/mol. The third kappa shape index (κ3) is 6.21. The number of nitrogens with zero attached hydrogens (tertiary/aromatic N) is 3. The lowest BCUT2D eigenvalue weighted by molar-refractivity contribution is 0.164. The molecule has 1 aliphatic heterocycles. The molecule has 1 aromatic heterocycles. The number of guanidine groups is 1. The molecule has 3 rings (SSSR count). The molecule has 6 nitrogen and oxygen atoms in total. The summed E-state index contributed by atoms with van der Waals surface area (Å²) in [6.07, 6.45) is 2.32. The van der Waals surface area contributed by atoms with Crippen LogP contribution in [0.5, 0.6) is 0 Å². The summed E-state index contributed by atoms with van der Waals surface area (Å²) in [5.41, 5.74) is 2.13. The highest BCUT2D eigenvalue weighted by atomic mass is 35.5. The molecule has 1 fully saturated rings. The SMILES string of the molecule is CN=C(NCC1CCN(Cc2nc(C)c(C)o2)CC1)NC(C)c1cccc(Cl)c1. The van der Waals surface area contributed by atoms with Gasteiger partial charge >= 0.3 is 0 Å². The summed E-state index contributed by atoms with van der Waals surface area (Å²) in [7, 11) is 1.81. The Labute approximate surface area is 178 Å². The van der Waals surface area contributed by atoms with Crippen LogP contribution in [0.25, 0.3) is 0 Å². The quantitative estimate of drug-likeness (QED) is 0.547. The zero-order chi connectivity index (χ0) is 20.8. The van der Waals surface area contributed by atoms with Crippen LogP contribution in [-0.4, -0.2) is 42.5 Å². The molecule has 1 aromatic carbocycles. The van der Waals surface area contributed by atoms with E-state index in [0.717, 1.165) is 72.9 Å². The fourth-order valence-electron chi connectivity index (χ4n) is 3.65. The van der Waals surface area contributed by atoms with Crippen LogP contribution in [0, 0.1) is 19.8 Å². The van der Waals surface area contributed by atoms with Crippen molar-refractivity contribution in [3.05, 3.63) is 52.2 Å². The predicted molar refractivity (Wildman–Crippen MR) is 118 cm³/mol. The second-order valence-electron chi connectivity index (χ2n) is 7.84. The average Bonchev–Trinajstić information content (AvgIpc) is 3.03. The van der Waals surface area contributed by atoms with Gasteiger partial charge in [0, 0.05) is 18.6 Å². The summed E-state index contributed by atoms with van der Waals surface area (Å²) in [5.74, 6) is 3.21. The summed E-state index contributed by atoms with van der Waals surface area (Å²) in [4.78, 5) is 11.3. The number of piperidine rings is 1. The fraction of sp³-hybridized carbons (Fsp3) is 0.545. The smallest absolute Gasteiger partial charge is 0.208 e. The summed E-state index contributed by atoms with van der Waals surface area (Å²) in [5, 5.41) is 7.69. The van der Waals surface area contributed by atoms with E-state index in [9.17, 15) is 0 Å². The number of likely N-dealkylation sites (tertiary alicyclic amines) is 1. The van der Waals surface area contributed by atoms with Crippen molar-refractivity contribution >= 4 is 17.6 Å². The Hall–Kier alpha value is -2.05. The lowest BCUT2D eigenvalue weighted by Gasteiger charge is -2.31. The van der Waals surface area contributed by atoms with Crippen molar-refractivity contribution in [3.63, 3.8) is 0 Å². The van der Waals surface area contributed by atoms with E-state index in [1.165, 1.54) is 0 Å². The molecule has 0 saturated carbocycles. The molecule has 1 unspecified atom stereocenters. The molecule has 0 bridgehead atoms. The van der Waals surface area contributed by atoms with Gasteiger partial charge in [-0.05, 0) is 70.3 Å². The standard InChI is InChI=1S/C22H32ClN5O/c1-15-17(3)29-21(26-15)14-28-10-8-18(9-11-28)13-25-22(24-4)27-16(2)19-6-5-7-20(23)12-19/h5-7,12,16,18H,8-11,13-14H2,1-4H3,(H2,24,25,27). The Morgan fingerprint density at radius 2 is 2.10 bits per heavy atom. The number of nitrogens with one attached hydrogen (secondary N) is 2. The van der Waals surface area contributed by atoms with Crippen LogP contribution in [-0.2, 0) is 6.54 Å². The third-order valence-electron chi connectivity index (χ3n) is 5.62. The highest BCUT2D eigenvalue weighted by Crippen LogP contribution is 2.20. The number of halogens is 1. The van der Waals surface area contributed by atoms with Crippen molar-refractivity contribution in [2.75, 3.05) is 26.7 Å². The van der Waals surface area contributed by atoms with Gasteiger partial charge in [0.1, 0.15) is 5.76 Å². The van der Waals surface area contributed by atoms with Gasteiger partial charge in [0.2, 0.25) is 5.89 Å². The van der Waals surface area contributed by atoms with Gasteiger partial charge in [-0.1, -0.05) is 23.7 Å². The van der Waals surface area contributed by atoms with Gasteiger partial charge in [-0.25, -0.2) is 4.98 Å². The molecular weight excluding hydrogens is 386 g/mol. The number of rotatable bonds is 6. The molecule has 0 spiro atoms. The first-order valence-corrected chi connectivity index (χ1v) is 10.7. The van der Waals surface area contributed by atoms with Crippen molar-refractivity contribution in [2.45, 2.75) is 46.2 Å². The van der Waals surface area contributed by atoms with Gasteiger partial charge in [0.15, 0.2) is 5.96 Å². The van der Waals surface area contributed by atoms with Crippen molar-refractivity contribution in [1.82, 2.24) is 20.5 Å². The molecule has 1 aliphatic rings. The van der Waals surface area contributed by atoms with E-state index in [2.05, 4.69) is 38.5 Å². The van der Waals surface area contributed by atoms with Crippen molar-refractivity contribution < 1.29 is 4.42 Å². The number of hydrogen-bond donors (Lipinski definition) is 2. The fourth-order valence-corrected chi connectivity index (χ4v) is 3.85. The van der Waals surface area contributed by atoms with Gasteiger partial charge in [0.25, 0.3) is 0 Å². The molecule has 7 heteroatoms. The number of benzene rings is 1. The lowest BCUT2D eigenvalue weighted by atomic mass is 9.97. The minimum Gasteiger partial charge on any atom is -0.444 e. The van der Waals surface area contributed by atoms with Crippen LogP contribution in [0.15, 0.2) is 33.7 Å². The molecule has 0 amide bonds. The van der Waals surface area contributed by atoms with Crippen LogP contribution in [0.2, 0.25) is 5.02 Å². The maximum absolute atomic E-state index is 6.11. The van der Waals surface area contributed by atoms with E-state index in [1.54, 1.807) is 0 Å². The Balaban J connectivity index is 1.41. The van der Waals surface area contributed by atoms with E-state index in [4.69, 9.17) is 16.0 Å². The van der Waals surface area contributed by atoms with Crippen LogP contribution < -0.4 is 10.6 Å². The Morgan fingerprint density at radius 3 is 2.72 bits per heavy atom. The summed E-state index contributed by atoms with van der Waals surface area (Å²) >= 11 is 6.11. The van der Waals surface area contributed by atoms with Gasteiger partial charge in [0.05, 0.1) is 18.3 Å². The molecule has 158 valence electrons. The minimum absolute atomic E-state index is 0.134. The molecule has 1 atom stereocenters. The van der Waals surface area contributed by atoms with Crippen LogP contribution >= 0.6 is 11.6 Å².